The molecule has 0 spiro atoms. The molecule has 2 rings (SSSR count). The molecule has 0 bridgehead atoms. The predicted octanol–water partition coefficient (Wildman–Crippen LogP) is 6.19. The topological polar surface area (TPSA) is 55.8 Å². The molecule has 2 aromatic carbocycles. The molecule has 0 atom stereocenters. The van der Waals surface area contributed by atoms with Gasteiger partial charge in [-0.3, -0.25) is 9.05 Å². The predicted molar refractivity (Wildman–Crippen MR) is 112 cm³/mol. The molecular weight excluding hydrogens is 359 g/mol. The van der Waals surface area contributed by atoms with E-state index >= 15 is 0 Å². The van der Waals surface area contributed by atoms with Gasteiger partial charge in [-0.2, -0.15) is 0 Å². The van der Waals surface area contributed by atoms with Crippen LogP contribution in [0.5, 0.6) is 0 Å². The van der Waals surface area contributed by atoms with Crippen molar-refractivity contribution in [2.75, 3.05) is 13.2 Å². The summed E-state index contributed by atoms with van der Waals surface area (Å²) in [6.07, 6.45) is 5.70. The molecule has 0 unspecified atom stereocenters. The zero-order valence-corrected chi connectivity index (χ0v) is 17.4. The third kappa shape index (κ3) is 12.5. The largest absolute Gasteiger partial charge is 0.472 e. The number of phosphoric ester groups is 1. The molecule has 0 saturated carbocycles. The zero-order chi connectivity index (χ0) is 19.8. The van der Waals surface area contributed by atoms with Crippen LogP contribution < -0.4 is 0 Å². The van der Waals surface area contributed by atoms with E-state index in [1.807, 2.05) is 13.8 Å². The maximum Gasteiger partial charge on any atom is 0.472 e. The van der Waals surface area contributed by atoms with Crippen LogP contribution in [-0.4, -0.2) is 18.1 Å². The molecule has 0 aliphatic rings. The smallest absolute Gasteiger partial charge is 0.302 e. The van der Waals surface area contributed by atoms with E-state index in [-0.39, 0.29) is 13.2 Å². The summed E-state index contributed by atoms with van der Waals surface area (Å²) in [7, 11) is -3.75. The lowest BCUT2D eigenvalue weighted by Crippen LogP contribution is -1.98. The van der Waals surface area contributed by atoms with E-state index in [4.69, 9.17) is 13.9 Å². The molecule has 0 aliphatic heterocycles. The highest BCUT2D eigenvalue weighted by Gasteiger charge is 2.19. The summed E-state index contributed by atoms with van der Waals surface area (Å²) in [6, 6.07) is 21.2. The van der Waals surface area contributed by atoms with Gasteiger partial charge in [-0.15, -0.1) is 0 Å². The fourth-order valence-electron chi connectivity index (χ4n) is 2.26. The van der Waals surface area contributed by atoms with Crippen LogP contribution in [0.2, 0.25) is 0 Å². The summed E-state index contributed by atoms with van der Waals surface area (Å²) in [5.41, 5.74) is 2.83. The van der Waals surface area contributed by atoms with Gasteiger partial charge in [0.25, 0.3) is 0 Å². The van der Waals surface area contributed by atoms with E-state index in [1.54, 1.807) is 0 Å². The van der Waals surface area contributed by atoms with E-state index in [1.165, 1.54) is 11.1 Å². The lowest BCUT2D eigenvalue weighted by atomic mass is 10.0. The van der Waals surface area contributed by atoms with Crippen LogP contribution in [0.1, 0.15) is 50.7 Å². The third-order valence-corrected chi connectivity index (χ3v) is 4.91. The summed E-state index contributed by atoms with van der Waals surface area (Å²) in [5, 5.41) is 0. The van der Waals surface area contributed by atoms with Crippen LogP contribution >= 0.6 is 7.82 Å². The van der Waals surface area contributed by atoms with E-state index in [0.717, 1.165) is 38.5 Å². The Kier molecular flexibility index (Phi) is 12.7. The minimum absolute atomic E-state index is 0.288. The van der Waals surface area contributed by atoms with E-state index in [0.29, 0.717) is 0 Å². The normalized spacial score (nSPS) is 10.9. The van der Waals surface area contributed by atoms with Gasteiger partial charge >= 0.3 is 7.82 Å². The second-order valence-electron chi connectivity index (χ2n) is 6.31. The van der Waals surface area contributed by atoms with Gasteiger partial charge in [0.15, 0.2) is 0 Å². The molecule has 0 aliphatic carbocycles. The fraction of sp³-hybridized carbons (Fsp3) is 0.455. The molecule has 0 saturated heterocycles. The van der Waals surface area contributed by atoms with Crippen LogP contribution in [0.3, 0.4) is 0 Å². The van der Waals surface area contributed by atoms with Crippen molar-refractivity contribution in [2.45, 2.75) is 52.4 Å². The van der Waals surface area contributed by atoms with Gasteiger partial charge in [0.1, 0.15) is 0 Å². The van der Waals surface area contributed by atoms with E-state index < -0.39 is 7.82 Å². The average Bonchev–Trinajstić information content (AvgIpc) is 2.69. The van der Waals surface area contributed by atoms with Crippen LogP contribution in [0.25, 0.3) is 0 Å². The van der Waals surface area contributed by atoms with Crippen LogP contribution in [0, 0.1) is 0 Å². The van der Waals surface area contributed by atoms with Gasteiger partial charge in [0, 0.05) is 0 Å². The molecule has 27 heavy (non-hydrogen) atoms. The standard InChI is InChI=1S/C14H14.C8H19O4P/c1-3-7-13(8-4-1)11-12-14-9-5-2-6-10-14;1-3-5-7-11-13(9,10)12-8-6-4-2/h1-10H,11-12H2;3-8H2,1-2H3,(H,9,10). The summed E-state index contributed by atoms with van der Waals surface area (Å²) < 4.78 is 20.5. The first-order valence-corrected chi connectivity index (χ1v) is 11.3. The Bertz CT molecular complexity index is 578. The first kappa shape index (κ1) is 23.6. The molecule has 150 valence electrons. The molecule has 5 heteroatoms. The summed E-state index contributed by atoms with van der Waals surface area (Å²) >= 11 is 0. The Morgan fingerprint density at radius 3 is 1.44 bits per heavy atom. The number of phosphoric acid groups is 1. The van der Waals surface area contributed by atoms with E-state index in [2.05, 4.69) is 60.7 Å². The lowest BCUT2D eigenvalue weighted by Gasteiger charge is -2.10. The molecule has 1 N–H and O–H groups in total. The van der Waals surface area contributed by atoms with Gasteiger partial charge in [0.2, 0.25) is 0 Å². The van der Waals surface area contributed by atoms with Crippen molar-refractivity contribution in [1.82, 2.24) is 0 Å². The van der Waals surface area contributed by atoms with Crippen molar-refractivity contribution in [3.05, 3.63) is 71.8 Å². The fourth-order valence-corrected chi connectivity index (χ4v) is 3.06. The van der Waals surface area contributed by atoms with Crippen molar-refractivity contribution < 1.29 is 18.5 Å². The molecule has 0 amide bonds. The van der Waals surface area contributed by atoms with Crippen molar-refractivity contribution in [1.29, 1.82) is 0 Å². The quantitative estimate of drug-likeness (QED) is 0.366. The minimum atomic E-state index is -3.75. The third-order valence-electron chi connectivity index (χ3n) is 3.89. The molecule has 4 nitrogen and oxygen atoms in total. The van der Waals surface area contributed by atoms with Gasteiger partial charge in [-0.05, 0) is 36.8 Å². The van der Waals surface area contributed by atoms with Crippen molar-refractivity contribution in [2.24, 2.45) is 0 Å². The van der Waals surface area contributed by atoms with Crippen molar-refractivity contribution in [3.63, 3.8) is 0 Å². The lowest BCUT2D eigenvalue weighted by molar-refractivity contribution is 0.146. The van der Waals surface area contributed by atoms with Gasteiger partial charge in [-0.25, -0.2) is 4.57 Å². The Hall–Kier alpha value is -1.45. The molecular formula is C22H33O4P. The highest BCUT2D eigenvalue weighted by atomic mass is 31.2. The summed E-state index contributed by atoms with van der Waals surface area (Å²) in [5.74, 6) is 0. The van der Waals surface area contributed by atoms with Gasteiger partial charge in [-0.1, -0.05) is 87.4 Å². The highest BCUT2D eigenvalue weighted by Crippen LogP contribution is 2.43. The Balaban J connectivity index is 0.000000271. The Morgan fingerprint density at radius 2 is 1.11 bits per heavy atom. The number of hydrogen-bond donors (Lipinski definition) is 1. The first-order valence-electron chi connectivity index (χ1n) is 9.77. The molecule has 0 aromatic heterocycles. The number of benzene rings is 2. The second-order valence-corrected chi connectivity index (χ2v) is 7.77. The van der Waals surface area contributed by atoms with Crippen LogP contribution in [0.4, 0.5) is 0 Å². The highest BCUT2D eigenvalue weighted by molar-refractivity contribution is 7.47. The number of rotatable bonds is 11. The number of aryl methyl sites for hydroxylation is 2. The SMILES string of the molecule is CCCCOP(=O)(O)OCCCC.c1ccc(CCc2ccccc2)cc1. The molecule has 0 heterocycles. The second kappa shape index (κ2) is 14.6. The maximum atomic E-state index is 11.1. The van der Waals surface area contributed by atoms with Crippen molar-refractivity contribution >= 4 is 7.82 Å². The van der Waals surface area contributed by atoms with Gasteiger partial charge in [0.05, 0.1) is 13.2 Å². The summed E-state index contributed by atoms with van der Waals surface area (Å²) in [4.78, 5) is 9.08. The first-order chi connectivity index (χ1) is 13.1. The molecule has 0 fully saturated rings. The number of hydrogen-bond acceptors (Lipinski definition) is 3. The minimum Gasteiger partial charge on any atom is -0.302 e. The Labute approximate surface area is 164 Å². The van der Waals surface area contributed by atoms with Crippen molar-refractivity contribution in [3.8, 4) is 0 Å². The monoisotopic (exact) mass is 392 g/mol. The maximum absolute atomic E-state index is 11.1. The summed E-state index contributed by atoms with van der Waals surface area (Å²) in [6.45, 7) is 4.56. The van der Waals surface area contributed by atoms with Crippen LogP contribution in [-0.2, 0) is 26.5 Å². The number of unbranched alkanes of at least 4 members (excludes halogenated alkanes) is 2. The average molecular weight is 392 g/mol. The molecule has 2 aromatic rings. The zero-order valence-electron chi connectivity index (χ0n) is 16.5. The van der Waals surface area contributed by atoms with Crippen LogP contribution in [0.15, 0.2) is 60.7 Å². The Morgan fingerprint density at radius 1 is 0.741 bits per heavy atom. The molecule has 0 radical (unpaired) electrons. The van der Waals surface area contributed by atoms with E-state index in [9.17, 15) is 4.57 Å². The van der Waals surface area contributed by atoms with Gasteiger partial charge < -0.3 is 4.89 Å².